The lowest BCUT2D eigenvalue weighted by atomic mass is 9.87. The molecule has 10 heteroatoms. The molecule has 0 radical (unpaired) electrons. The molecule has 2 aliphatic heterocycles. The smallest absolute Gasteiger partial charge is 0.224 e. The molecule has 0 saturated carbocycles. The van der Waals surface area contributed by atoms with Crippen LogP contribution in [0.3, 0.4) is 0 Å². The van der Waals surface area contributed by atoms with E-state index in [9.17, 15) is 24.8 Å². The van der Waals surface area contributed by atoms with Gasteiger partial charge < -0.3 is 39.4 Å². The first-order valence-corrected chi connectivity index (χ1v) is 13.0. The van der Waals surface area contributed by atoms with E-state index < -0.39 is 36.8 Å². The standard InChI is InChI=1S/C29H30ClFO8/c1-36-29(28(35)26(34)25(33)24(14-32)39-29)19-7-10-22(30)18(12-19)11-16-5-8-20(9-6-16)37-15-21-13-17-3-2-4-23(31)27(17)38-21/h2-10,12,21,24-26,28,32-35H,11,13-15H2,1H3/t21?,24-,25?,26+,28-,29?/m1/s1. The second kappa shape index (κ2) is 11.4. The molecule has 0 bridgehead atoms. The number of hydrogen-bond acceptors (Lipinski definition) is 8. The van der Waals surface area contributed by atoms with E-state index in [0.29, 0.717) is 40.5 Å². The molecule has 2 heterocycles. The fourth-order valence-corrected chi connectivity index (χ4v) is 5.28. The molecule has 1 saturated heterocycles. The van der Waals surface area contributed by atoms with Crippen molar-refractivity contribution in [3.8, 4) is 11.5 Å². The van der Waals surface area contributed by atoms with Crippen molar-refractivity contribution in [3.63, 3.8) is 0 Å². The molecule has 2 aliphatic rings. The number of fused-ring (bicyclic) bond motifs is 1. The Bertz CT molecular complexity index is 1300. The van der Waals surface area contributed by atoms with E-state index in [4.69, 9.17) is 30.5 Å². The SMILES string of the molecule is COC1(c2ccc(Cl)c(Cc3ccc(OCC4Cc5cccc(F)c5O4)cc3)c2)O[C@H](CO)C(O)[C@H](O)[C@H]1O. The predicted octanol–water partition coefficient (Wildman–Crippen LogP) is 2.73. The average molecular weight is 561 g/mol. The van der Waals surface area contributed by atoms with Crippen molar-refractivity contribution < 1.29 is 43.8 Å². The Morgan fingerprint density at radius 3 is 2.51 bits per heavy atom. The number of aliphatic hydroxyl groups is 4. The molecule has 0 aromatic heterocycles. The quantitative estimate of drug-likeness (QED) is 0.332. The van der Waals surface area contributed by atoms with E-state index in [2.05, 4.69) is 0 Å². The Labute approximate surface area is 230 Å². The van der Waals surface area contributed by atoms with Gasteiger partial charge in [-0.1, -0.05) is 41.9 Å². The maximum Gasteiger partial charge on any atom is 0.224 e. The summed E-state index contributed by atoms with van der Waals surface area (Å²) >= 11 is 6.48. The molecule has 8 nitrogen and oxygen atoms in total. The lowest BCUT2D eigenvalue weighted by Gasteiger charge is -2.47. The second-order valence-corrected chi connectivity index (χ2v) is 10.2. The van der Waals surface area contributed by atoms with Gasteiger partial charge in [0.15, 0.2) is 11.6 Å². The van der Waals surface area contributed by atoms with Crippen molar-refractivity contribution in [1.82, 2.24) is 0 Å². The van der Waals surface area contributed by atoms with E-state index >= 15 is 0 Å². The number of halogens is 2. The summed E-state index contributed by atoms with van der Waals surface area (Å²) in [6.45, 7) is -0.306. The minimum Gasteiger partial charge on any atom is -0.490 e. The summed E-state index contributed by atoms with van der Waals surface area (Å²) in [6, 6.07) is 17.3. The minimum absolute atomic E-state index is 0.270. The number of hydrogen-bond donors (Lipinski definition) is 4. The van der Waals surface area contributed by atoms with Crippen LogP contribution >= 0.6 is 11.6 Å². The molecule has 208 valence electrons. The Balaban J connectivity index is 1.27. The van der Waals surface area contributed by atoms with Crippen molar-refractivity contribution in [1.29, 1.82) is 0 Å². The number of rotatable bonds is 8. The Morgan fingerprint density at radius 2 is 1.82 bits per heavy atom. The molecule has 4 N–H and O–H groups in total. The number of ether oxygens (including phenoxy) is 4. The molecular formula is C29H30ClFO8. The number of benzene rings is 3. The van der Waals surface area contributed by atoms with Gasteiger partial charge >= 0.3 is 0 Å². The van der Waals surface area contributed by atoms with E-state index in [1.54, 1.807) is 24.3 Å². The Hall–Kier alpha value is -2.76. The Kier molecular flexibility index (Phi) is 8.11. The van der Waals surface area contributed by atoms with Crippen LogP contribution in [0, 0.1) is 5.82 Å². The van der Waals surface area contributed by atoms with Crippen LogP contribution in [0.15, 0.2) is 60.7 Å². The summed E-state index contributed by atoms with van der Waals surface area (Å²) in [5.41, 5.74) is 2.83. The third-order valence-corrected chi connectivity index (χ3v) is 7.60. The predicted molar refractivity (Wildman–Crippen MR) is 139 cm³/mol. The lowest BCUT2D eigenvalue weighted by molar-refractivity contribution is -0.366. The highest BCUT2D eigenvalue weighted by Gasteiger charge is 2.55. The average Bonchev–Trinajstić information content (AvgIpc) is 3.38. The van der Waals surface area contributed by atoms with Crippen LogP contribution in [0.1, 0.15) is 22.3 Å². The highest BCUT2D eigenvalue weighted by Crippen LogP contribution is 2.40. The van der Waals surface area contributed by atoms with Crippen molar-refractivity contribution in [2.75, 3.05) is 20.3 Å². The normalized spacial score (nSPS) is 28.1. The fraction of sp³-hybridized carbons (Fsp3) is 0.379. The van der Waals surface area contributed by atoms with Crippen molar-refractivity contribution in [2.45, 2.75) is 49.1 Å². The summed E-state index contributed by atoms with van der Waals surface area (Å²) in [7, 11) is 1.31. The Morgan fingerprint density at radius 1 is 1.05 bits per heavy atom. The molecule has 3 aromatic rings. The zero-order chi connectivity index (χ0) is 27.7. The van der Waals surface area contributed by atoms with Crippen LogP contribution < -0.4 is 9.47 Å². The van der Waals surface area contributed by atoms with Gasteiger partial charge in [-0.2, -0.15) is 0 Å². The molecule has 3 unspecified atom stereocenters. The molecule has 6 atom stereocenters. The van der Waals surface area contributed by atoms with Gasteiger partial charge in [0.2, 0.25) is 5.79 Å². The van der Waals surface area contributed by atoms with Gasteiger partial charge in [-0.25, -0.2) is 4.39 Å². The first kappa shape index (κ1) is 27.8. The largest absolute Gasteiger partial charge is 0.490 e. The maximum atomic E-state index is 13.9. The van der Waals surface area contributed by atoms with E-state index in [-0.39, 0.29) is 18.5 Å². The summed E-state index contributed by atoms with van der Waals surface area (Å²) in [4.78, 5) is 0. The van der Waals surface area contributed by atoms with Gasteiger partial charge in [-0.15, -0.1) is 0 Å². The van der Waals surface area contributed by atoms with Crippen molar-refractivity contribution in [2.24, 2.45) is 0 Å². The zero-order valence-electron chi connectivity index (χ0n) is 21.2. The van der Waals surface area contributed by atoms with Crippen LogP contribution in [0.25, 0.3) is 0 Å². The van der Waals surface area contributed by atoms with Crippen molar-refractivity contribution >= 4 is 11.6 Å². The second-order valence-electron chi connectivity index (χ2n) is 9.75. The highest BCUT2D eigenvalue weighted by molar-refractivity contribution is 6.31. The first-order chi connectivity index (χ1) is 18.8. The summed E-state index contributed by atoms with van der Waals surface area (Å²) in [5.74, 6) is -1.27. The van der Waals surface area contributed by atoms with Gasteiger partial charge in [-0.3, -0.25) is 0 Å². The summed E-state index contributed by atoms with van der Waals surface area (Å²) in [6.07, 6.45) is -5.15. The van der Waals surface area contributed by atoms with Crippen LogP contribution in [-0.2, 0) is 28.1 Å². The maximum absolute atomic E-state index is 13.9. The summed E-state index contributed by atoms with van der Waals surface area (Å²) < 4.78 is 36.8. The van der Waals surface area contributed by atoms with E-state index in [0.717, 1.165) is 11.1 Å². The molecule has 0 aliphatic carbocycles. The van der Waals surface area contributed by atoms with E-state index in [1.807, 2.05) is 30.3 Å². The lowest BCUT2D eigenvalue weighted by Crippen LogP contribution is -2.64. The molecule has 39 heavy (non-hydrogen) atoms. The van der Waals surface area contributed by atoms with Crippen LogP contribution in [-0.4, -0.2) is 71.3 Å². The van der Waals surface area contributed by atoms with Crippen molar-refractivity contribution in [3.05, 3.63) is 93.8 Å². The van der Waals surface area contributed by atoms with E-state index in [1.165, 1.54) is 13.2 Å². The molecule has 5 rings (SSSR count). The van der Waals surface area contributed by atoms with Gasteiger partial charge in [-0.05, 0) is 47.9 Å². The molecule has 3 aromatic carbocycles. The third kappa shape index (κ3) is 5.36. The zero-order valence-corrected chi connectivity index (χ0v) is 21.9. The molecule has 1 fully saturated rings. The third-order valence-electron chi connectivity index (χ3n) is 7.24. The van der Waals surface area contributed by atoms with Crippen LogP contribution in [0.4, 0.5) is 4.39 Å². The topological polar surface area (TPSA) is 118 Å². The minimum atomic E-state index is -1.83. The first-order valence-electron chi connectivity index (χ1n) is 12.6. The monoisotopic (exact) mass is 560 g/mol. The number of para-hydroxylation sites is 1. The molecule has 0 amide bonds. The van der Waals surface area contributed by atoms with Gasteiger partial charge in [0, 0.05) is 29.7 Å². The van der Waals surface area contributed by atoms with Crippen LogP contribution in [0.5, 0.6) is 11.5 Å². The van der Waals surface area contributed by atoms with Gasteiger partial charge in [0.25, 0.3) is 0 Å². The number of aliphatic hydroxyl groups excluding tert-OH is 4. The fourth-order valence-electron chi connectivity index (χ4n) is 5.10. The van der Waals surface area contributed by atoms with Crippen LogP contribution in [0.2, 0.25) is 5.02 Å². The number of methoxy groups -OCH3 is 1. The molecular weight excluding hydrogens is 531 g/mol. The van der Waals surface area contributed by atoms with Gasteiger partial charge in [0.1, 0.15) is 42.9 Å². The van der Waals surface area contributed by atoms with Gasteiger partial charge in [0.05, 0.1) is 6.61 Å². The molecule has 0 spiro atoms. The summed E-state index contributed by atoms with van der Waals surface area (Å²) in [5, 5.41) is 41.4. The highest BCUT2D eigenvalue weighted by atomic mass is 35.5.